The Labute approximate surface area is 156 Å². The molecule has 2 rings (SSSR count). The van der Waals surface area contributed by atoms with Gasteiger partial charge in [0.15, 0.2) is 0 Å². The van der Waals surface area contributed by atoms with Crippen LogP contribution in [0.2, 0.25) is 0 Å². The maximum atomic E-state index is 12.0. The minimum absolute atomic E-state index is 0.289. The Bertz CT molecular complexity index is 856. The number of aryl methyl sites for hydroxylation is 1. The van der Waals surface area contributed by atoms with Crippen LogP contribution in [0.3, 0.4) is 0 Å². The maximum Gasteiger partial charge on any atom is 0.336 e. The number of nitrogens with zero attached hydrogens (tertiary/aromatic N) is 1. The van der Waals surface area contributed by atoms with Gasteiger partial charge in [-0.1, -0.05) is 38.3 Å². The molecule has 0 spiro atoms. The molecular weight excluding hydrogens is 322 g/mol. The fourth-order valence-electron chi connectivity index (χ4n) is 3.32. The van der Waals surface area contributed by atoms with Crippen molar-refractivity contribution in [3.63, 3.8) is 0 Å². The summed E-state index contributed by atoms with van der Waals surface area (Å²) in [4.78, 5) is 14.3. The van der Waals surface area contributed by atoms with Gasteiger partial charge in [-0.15, -0.1) is 0 Å². The standard InChI is InChI=1S/C23H29NO2/c1-6-10-18(7-2)17(5)11-12-19-15-23(25)26-22-16-20(13-14-21(19)22)24(8-3)9-4/h6-7,10,13-17H,1-2,8-9,11-12H2,3-5H3/b18-10+. The van der Waals surface area contributed by atoms with Gasteiger partial charge in [0.2, 0.25) is 0 Å². The lowest BCUT2D eigenvalue weighted by molar-refractivity contribution is 0.555. The Morgan fingerprint density at radius 1 is 1.23 bits per heavy atom. The van der Waals surface area contributed by atoms with Crippen LogP contribution in [0.25, 0.3) is 11.0 Å². The molecule has 0 aliphatic carbocycles. The van der Waals surface area contributed by atoms with Crippen LogP contribution in [-0.4, -0.2) is 13.1 Å². The Kier molecular flexibility index (Phi) is 7.02. The SMILES string of the molecule is C=C/C=C(\C=C)C(C)CCc1cc(=O)oc2cc(N(CC)CC)ccc12. The summed E-state index contributed by atoms with van der Waals surface area (Å²) in [7, 11) is 0. The van der Waals surface area contributed by atoms with E-state index in [0.29, 0.717) is 11.5 Å². The van der Waals surface area contributed by atoms with Crippen molar-refractivity contribution in [3.05, 3.63) is 77.2 Å². The smallest absolute Gasteiger partial charge is 0.336 e. The molecule has 1 aromatic carbocycles. The van der Waals surface area contributed by atoms with Gasteiger partial charge in [-0.2, -0.15) is 0 Å². The van der Waals surface area contributed by atoms with Crippen LogP contribution in [0.4, 0.5) is 5.69 Å². The molecule has 0 fully saturated rings. The van der Waals surface area contributed by atoms with Crippen molar-refractivity contribution in [1.29, 1.82) is 0 Å². The third kappa shape index (κ3) is 4.54. The van der Waals surface area contributed by atoms with Gasteiger partial charge < -0.3 is 9.32 Å². The Morgan fingerprint density at radius 3 is 2.58 bits per heavy atom. The predicted octanol–water partition coefficient (Wildman–Crippen LogP) is 5.51. The summed E-state index contributed by atoms with van der Waals surface area (Å²) >= 11 is 0. The first kappa shape index (κ1) is 19.8. The van der Waals surface area contributed by atoms with E-state index in [2.05, 4.69) is 51.0 Å². The molecule has 1 unspecified atom stereocenters. The zero-order valence-electron chi connectivity index (χ0n) is 16.1. The van der Waals surface area contributed by atoms with Gasteiger partial charge in [-0.3, -0.25) is 0 Å². The normalized spacial score (nSPS) is 12.8. The highest BCUT2D eigenvalue weighted by atomic mass is 16.4. The minimum Gasteiger partial charge on any atom is -0.423 e. The summed E-state index contributed by atoms with van der Waals surface area (Å²) in [5.74, 6) is 0.350. The molecule has 138 valence electrons. The summed E-state index contributed by atoms with van der Waals surface area (Å²) in [5.41, 5.74) is 3.66. The van der Waals surface area contributed by atoms with Crippen molar-refractivity contribution in [3.8, 4) is 0 Å². The van der Waals surface area contributed by atoms with E-state index in [4.69, 9.17) is 4.42 Å². The van der Waals surface area contributed by atoms with Crippen LogP contribution in [0, 0.1) is 5.92 Å². The van der Waals surface area contributed by atoms with Gasteiger partial charge in [0.1, 0.15) is 5.58 Å². The summed E-state index contributed by atoms with van der Waals surface area (Å²) in [6.45, 7) is 15.9. The molecule has 0 amide bonds. The maximum absolute atomic E-state index is 12.0. The molecule has 0 radical (unpaired) electrons. The third-order valence-electron chi connectivity index (χ3n) is 4.90. The lowest BCUT2D eigenvalue weighted by atomic mass is 9.92. The lowest BCUT2D eigenvalue weighted by Crippen LogP contribution is -2.21. The third-order valence-corrected chi connectivity index (χ3v) is 4.90. The average molecular weight is 351 g/mol. The van der Waals surface area contributed by atoms with E-state index in [-0.39, 0.29) is 5.63 Å². The van der Waals surface area contributed by atoms with Gasteiger partial charge in [0.25, 0.3) is 0 Å². The van der Waals surface area contributed by atoms with Crippen molar-refractivity contribution in [2.45, 2.75) is 33.6 Å². The molecule has 1 atom stereocenters. The first-order valence-corrected chi connectivity index (χ1v) is 9.30. The molecule has 0 aliphatic heterocycles. The van der Waals surface area contributed by atoms with E-state index in [1.54, 1.807) is 12.1 Å². The molecule has 0 saturated carbocycles. The fourth-order valence-corrected chi connectivity index (χ4v) is 3.32. The number of hydrogen-bond acceptors (Lipinski definition) is 3. The van der Waals surface area contributed by atoms with Gasteiger partial charge in [-0.05, 0) is 55.9 Å². The molecule has 1 heterocycles. The summed E-state index contributed by atoms with van der Waals surface area (Å²) in [6, 6.07) is 7.77. The highest BCUT2D eigenvalue weighted by Crippen LogP contribution is 2.26. The molecule has 2 aromatic rings. The highest BCUT2D eigenvalue weighted by molar-refractivity contribution is 5.83. The fraction of sp³-hybridized carbons (Fsp3) is 0.348. The van der Waals surface area contributed by atoms with Crippen molar-refractivity contribution >= 4 is 16.7 Å². The van der Waals surface area contributed by atoms with Gasteiger partial charge in [0.05, 0.1) is 0 Å². The van der Waals surface area contributed by atoms with E-state index >= 15 is 0 Å². The number of benzene rings is 1. The van der Waals surface area contributed by atoms with Crippen molar-refractivity contribution in [1.82, 2.24) is 0 Å². The second-order valence-corrected chi connectivity index (χ2v) is 6.49. The second kappa shape index (κ2) is 9.23. The number of fused-ring (bicyclic) bond motifs is 1. The molecule has 0 saturated heterocycles. The Morgan fingerprint density at radius 2 is 1.96 bits per heavy atom. The number of allylic oxidation sites excluding steroid dienone is 4. The molecule has 0 bridgehead atoms. The summed E-state index contributed by atoms with van der Waals surface area (Å²) < 4.78 is 5.47. The van der Waals surface area contributed by atoms with Gasteiger partial charge >= 0.3 is 5.63 Å². The molecule has 1 aromatic heterocycles. The van der Waals surface area contributed by atoms with E-state index in [1.165, 1.54) is 0 Å². The Hall–Kier alpha value is -2.55. The van der Waals surface area contributed by atoms with Crippen LogP contribution in [0.5, 0.6) is 0 Å². The zero-order valence-corrected chi connectivity index (χ0v) is 16.1. The summed E-state index contributed by atoms with van der Waals surface area (Å²) in [5, 5.41) is 1.01. The number of anilines is 1. The highest BCUT2D eigenvalue weighted by Gasteiger charge is 2.11. The molecule has 26 heavy (non-hydrogen) atoms. The molecular formula is C23H29NO2. The topological polar surface area (TPSA) is 33.5 Å². The first-order valence-electron chi connectivity index (χ1n) is 9.30. The van der Waals surface area contributed by atoms with Crippen LogP contribution in [-0.2, 0) is 6.42 Å². The second-order valence-electron chi connectivity index (χ2n) is 6.49. The van der Waals surface area contributed by atoms with Gasteiger partial charge in [-0.25, -0.2) is 4.79 Å². The largest absolute Gasteiger partial charge is 0.423 e. The first-order chi connectivity index (χ1) is 12.5. The van der Waals surface area contributed by atoms with Crippen molar-refractivity contribution in [2.24, 2.45) is 5.92 Å². The van der Waals surface area contributed by atoms with E-state index in [1.807, 2.05) is 18.2 Å². The number of hydrogen-bond donors (Lipinski definition) is 0. The average Bonchev–Trinajstić information content (AvgIpc) is 2.64. The molecule has 3 heteroatoms. The predicted molar refractivity (Wildman–Crippen MR) is 112 cm³/mol. The molecule has 0 aliphatic rings. The quantitative estimate of drug-likeness (QED) is 0.441. The molecule has 0 N–H and O–H groups in total. The van der Waals surface area contributed by atoms with E-state index in [9.17, 15) is 4.79 Å². The van der Waals surface area contributed by atoms with Crippen molar-refractivity contribution < 1.29 is 4.42 Å². The Balaban J connectivity index is 2.33. The molecule has 3 nitrogen and oxygen atoms in total. The van der Waals surface area contributed by atoms with Crippen LogP contribution >= 0.6 is 0 Å². The van der Waals surface area contributed by atoms with Crippen LogP contribution in [0.1, 0.15) is 32.8 Å². The zero-order chi connectivity index (χ0) is 19.1. The van der Waals surface area contributed by atoms with Gasteiger partial charge in [0, 0.05) is 36.3 Å². The van der Waals surface area contributed by atoms with E-state index in [0.717, 1.165) is 48.1 Å². The van der Waals surface area contributed by atoms with Crippen molar-refractivity contribution in [2.75, 3.05) is 18.0 Å². The van der Waals surface area contributed by atoms with E-state index < -0.39 is 0 Å². The monoisotopic (exact) mass is 351 g/mol. The minimum atomic E-state index is -0.289. The van der Waals surface area contributed by atoms with Crippen LogP contribution in [0.15, 0.2) is 70.4 Å². The number of rotatable bonds is 9. The lowest BCUT2D eigenvalue weighted by Gasteiger charge is -2.21. The summed E-state index contributed by atoms with van der Waals surface area (Å²) in [6.07, 6.45) is 7.40. The van der Waals surface area contributed by atoms with Crippen LogP contribution < -0.4 is 10.5 Å².